The largest absolute Gasteiger partial charge is 0.478 e. The lowest BCUT2D eigenvalue weighted by molar-refractivity contribution is 0.0695. The molecular formula is C22H22N2O3S. The van der Waals surface area contributed by atoms with Gasteiger partial charge in [0.1, 0.15) is 11.5 Å². The summed E-state index contributed by atoms with van der Waals surface area (Å²) in [6.07, 6.45) is 4.25. The van der Waals surface area contributed by atoms with Gasteiger partial charge in [0.05, 0.1) is 11.8 Å². The third kappa shape index (κ3) is 5.34. The van der Waals surface area contributed by atoms with Crippen LogP contribution in [0, 0.1) is 13.8 Å². The fraction of sp³-hybridized carbons (Fsp3) is 0.182. The molecule has 0 bridgehead atoms. The van der Waals surface area contributed by atoms with Crippen LogP contribution in [-0.4, -0.2) is 22.6 Å². The lowest BCUT2D eigenvalue weighted by Crippen LogP contribution is -2.09. The molecule has 1 heterocycles. The molecular weight excluding hydrogens is 372 g/mol. The van der Waals surface area contributed by atoms with Gasteiger partial charge in [-0.25, -0.2) is 4.79 Å². The number of benzene rings is 2. The summed E-state index contributed by atoms with van der Waals surface area (Å²) in [4.78, 5) is 16.3. The summed E-state index contributed by atoms with van der Waals surface area (Å²) in [6, 6.07) is 15.4. The highest BCUT2D eigenvalue weighted by molar-refractivity contribution is 7.97. The number of carbonyl (C=O) groups is 1. The van der Waals surface area contributed by atoms with Crippen molar-refractivity contribution in [3.05, 3.63) is 83.2 Å². The molecule has 0 radical (unpaired) electrons. The Morgan fingerprint density at radius 3 is 2.61 bits per heavy atom. The zero-order valence-electron chi connectivity index (χ0n) is 15.8. The Morgan fingerprint density at radius 1 is 1.14 bits per heavy atom. The van der Waals surface area contributed by atoms with E-state index in [2.05, 4.69) is 9.71 Å². The van der Waals surface area contributed by atoms with E-state index >= 15 is 0 Å². The topological polar surface area (TPSA) is 71.5 Å². The smallest absolute Gasteiger partial charge is 0.336 e. The fourth-order valence-electron chi connectivity index (χ4n) is 2.70. The molecule has 3 aromatic rings. The first-order valence-corrected chi connectivity index (χ1v) is 9.75. The number of pyridine rings is 1. The van der Waals surface area contributed by atoms with Crippen LogP contribution in [0.1, 0.15) is 27.0 Å². The molecule has 28 heavy (non-hydrogen) atoms. The maximum Gasteiger partial charge on any atom is 0.336 e. The average Bonchev–Trinajstić information content (AvgIpc) is 2.69. The summed E-state index contributed by atoms with van der Waals surface area (Å²) in [5.74, 6) is 0.592. The molecule has 0 saturated heterocycles. The Hall–Kier alpha value is -2.83. The first-order chi connectivity index (χ1) is 13.5. The summed E-state index contributed by atoms with van der Waals surface area (Å²) < 4.78 is 9.04. The molecule has 1 aromatic heterocycles. The molecule has 3 rings (SSSR count). The van der Waals surface area contributed by atoms with E-state index in [4.69, 9.17) is 4.74 Å². The highest BCUT2D eigenvalue weighted by Gasteiger charge is 2.11. The van der Waals surface area contributed by atoms with Gasteiger partial charge in [0, 0.05) is 17.6 Å². The van der Waals surface area contributed by atoms with Crippen LogP contribution in [0.15, 0.2) is 65.8 Å². The monoisotopic (exact) mass is 394 g/mol. The maximum atomic E-state index is 11.3. The number of hydrogen-bond acceptors (Lipinski definition) is 5. The van der Waals surface area contributed by atoms with E-state index in [0.717, 1.165) is 34.7 Å². The molecule has 0 atom stereocenters. The number of carboxylic acid groups (broad SMARTS) is 1. The lowest BCUT2D eigenvalue weighted by atomic mass is 10.0. The van der Waals surface area contributed by atoms with E-state index in [1.54, 1.807) is 18.5 Å². The van der Waals surface area contributed by atoms with Crippen molar-refractivity contribution in [2.75, 3.05) is 6.54 Å². The number of nitrogens with one attached hydrogen (secondary N) is 1. The number of carboxylic acids is 1. The second-order valence-corrected chi connectivity index (χ2v) is 7.36. The van der Waals surface area contributed by atoms with Gasteiger partial charge in [-0.3, -0.25) is 9.71 Å². The molecule has 0 aliphatic rings. The minimum absolute atomic E-state index is 0.355. The van der Waals surface area contributed by atoms with Crippen molar-refractivity contribution in [1.29, 1.82) is 0 Å². The van der Waals surface area contributed by atoms with Crippen LogP contribution in [0.4, 0.5) is 0 Å². The molecule has 144 valence electrons. The maximum absolute atomic E-state index is 11.3. The predicted molar refractivity (Wildman–Crippen MR) is 111 cm³/mol. The van der Waals surface area contributed by atoms with Gasteiger partial charge >= 0.3 is 5.97 Å². The number of aromatic carboxylic acids is 1. The zero-order chi connectivity index (χ0) is 19.9. The van der Waals surface area contributed by atoms with Crippen molar-refractivity contribution in [2.45, 2.75) is 25.2 Å². The van der Waals surface area contributed by atoms with Gasteiger partial charge in [-0.2, -0.15) is 0 Å². The van der Waals surface area contributed by atoms with Crippen LogP contribution in [-0.2, 0) is 6.42 Å². The molecule has 0 amide bonds. The number of rotatable bonds is 8. The summed E-state index contributed by atoms with van der Waals surface area (Å²) in [5, 5.41) is 9.31. The Labute approximate surface area is 168 Å². The van der Waals surface area contributed by atoms with E-state index in [0.29, 0.717) is 11.3 Å². The van der Waals surface area contributed by atoms with Crippen LogP contribution in [0.3, 0.4) is 0 Å². The van der Waals surface area contributed by atoms with Gasteiger partial charge in [0.25, 0.3) is 0 Å². The number of aryl methyl sites for hydroxylation is 1. The summed E-state index contributed by atoms with van der Waals surface area (Å²) in [5.41, 5.74) is 3.34. The molecule has 0 unspecified atom stereocenters. The predicted octanol–water partition coefficient (Wildman–Crippen LogP) is 5.03. The van der Waals surface area contributed by atoms with E-state index < -0.39 is 5.97 Å². The van der Waals surface area contributed by atoms with Crippen molar-refractivity contribution in [3.63, 3.8) is 0 Å². The van der Waals surface area contributed by atoms with Gasteiger partial charge in [0.2, 0.25) is 0 Å². The summed E-state index contributed by atoms with van der Waals surface area (Å²) in [6.45, 7) is 4.53. The second kappa shape index (κ2) is 9.39. The highest BCUT2D eigenvalue weighted by Crippen LogP contribution is 2.23. The van der Waals surface area contributed by atoms with Crippen molar-refractivity contribution >= 4 is 17.9 Å². The quantitative estimate of drug-likeness (QED) is 0.412. The van der Waals surface area contributed by atoms with Crippen LogP contribution < -0.4 is 9.46 Å². The van der Waals surface area contributed by atoms with Crippen molar-refractivity contribution in [2.24, 2.45) is 0 Å². The van der Waals surface area contributed by atoms with Gasteiger partial charge in [0.15, 0.2) is 0 Å². The van der Waals surface area contributed by atoms with Gasteiger partial charge in [-0.05, 0) is 85.3 Å². The molecule has 6 heteroatoms. The van der Waals surface area contributed by atoms with E-state index in [1.807, 2.05) is 56.3 Å². The third-order valence-electron chi connectivity index (χ3n) is 4.37. The molecule has 2 N–H and O–H groups in total. The highest BCUT2D eigenvalue weighted by atomic mass is 32.2. The number of hydrogen-bond donors (Lipinski definition) is 2. The van der Waals surface area contributed by atoms with Crippen molar-refractivity contribution in [3.8, 4) is 11.5 Å². The number of nitrogens with zero attached hydrogens (tertiary/aromatic N) is 1. The Balaban J connectivity index is 1.50. The molecule has 2 aromatic carbocycles. The molecule has 0 aliphatic carbocycles. The zero-order valence-corrected chi connectivity index (χ0v) is 16.6. The van der Waals surface area contributed by atoms with Crippen molar-refractivity contribution < 1.29 is 14.6 Å². The Kier molecular flexibility index (Phi) is 6.68. The minimum atomic E-state index is -0.892. The average molecular weight is 394 g/mol. The molecule has 0 fully saturated rings. The summed E-state index contributed by atoms with van der Waals surface area (Å²) >= 11 is 1.45. The molecule has 5 nitrogen and oxygen atoms in total. The Bertz CT molecular complexity index is 944. The minimum Gasteiger partial charge on any atom is -0.478 e. The number of ether oxygens (including phenoxy) is 1. The SMILES string of the molecule is Cc1cc(SNCCc2ccc(Oc3cccnc3)cc2)cc(C(=O)O)c1C. The molecule has 0 aliphatic heterocycles. The van der Waals surface area contributed by atoms with E-state index in [9.17, 15) is 9.90 Å². The standard InChI is InChI=1S/C22H22N2O3S/c1-15-12-20(13-21(16(15)2)22(25)26)28-24-11-9-17-5-7-18(8-6-17)27-19-4-3-10-23-14-19/h3-8,10,12-14,24H,9,11H2,1-2H3,(H,25,26). The van der Waals surface area contributed by atoms with Crippen LogP contribution in [0.25, 0.3) is 0 Å². The summed E-state index contributed by atoms with van der Waals surface area (Å²) in [7, 11) is 0. The van der Waals surface area contributed by atoms with Gasteiger partial charge < -0.3 is 9.84 Å². The Morgan fingerprint density at radius 2 is 1.93 bits per heavy atom. The molecule has 0 saturated carbocycles. The van der Waals surface area contributed by atoms with Crippen LogP contribution >= 0.6 is 11.9 Å². The van der Waals surface area contributed by atoms with E-state index in [-0.39, 0.29) is 0 Å². The van der Waals surface area contributed by atoms with Gasteiger partial charge in [-0.15, -0.1) is 0 Å². The van der Waals surface area contributed by atoms with Gasteiger partial charge in [-0.1, -0.05) is 12.1 Å². The normalized spacial score (nSPS) is 10.6. The van der Waals surface area contributed by atoms with E-state index in [1.165, 1.54) is 17.5 Å². The first kappa shape index (κ1) is 19.9. The number of aromatic nitrogens is 1. The first-order valence-electron chi connectivity index (χ1n) is 8.94. The van der Waals surface area contributed by atoms with Crippen LogP contribution in [0.5, 0.6) is 11.5 Å². The third-order valence-corrected chi connectivity index (χ3v) is 5.19. The second-order valence-electron chi connectivity index (χ2n) is 6.40. The molecule has 0 spiro atoms. The fourth-order valence-corrected chi connectivity index (χ4v) is 3.49. The lowest BCUT2D eigenvalue weighted by Gasteiger charge is -2.10. The van der Waals surface area contributed by atoms with Crippen molar-refractivity contribution in [1.82, 2.24) is 9.71 Å². The van der Waals surface area contributed by atoms with Crippen LogP contribution in [0.2, 0.25) is 0 Å².